The highest BCUT2D eigenvalue weighted by atomic mass is 19.2. The number of rotatable bonds is 5. The van der Waals surface area contributed by atoms with E-state index in [0.717, 1.165) is 0 Å². The van der Waals surface area contributed by atoms with Crippen molar-refractivity contribution in [1.82, 2.24) is 5.32 Å². The lowest BCUT2D eigenvalue weighted by molar-refractivity contribution is -0.130. The van der Waals surface area contributed by atoms with Crippen LogP contribution in [0.5, 0.6) is 0 Å². The Balaban J connectivity index is 2.34. The smallest absolute Gasteiger partial charge is 0.254 e. The normalized spacial score (nSPS) is 13.4. The van der Waals surface area contributed by atoms with Gasteiger partial charge < -0.3 is 15.5 Å². The number of aliphatic hydroxyl groups excluding tert-OH is 2. The van der Waals surface area contributed by atoms with E-state index in [-0.39, 0.29) is 5.56 Å². The van der Waals surface area contributed by atoms with Gasteiger partial charge in [-0.15, -0.1) is 0 Å². The highest BCUT2D eigenvalue weighted by Gasteiger charge is 2.32. The Kier molecular flexibility index (Phi) is 5.70. The molecule has 0 spiro atoms. The average molecular weight is 361 g/mol. The predicted molar refractivity (Wildman–Crippen MR) is 75.6 cm³/mol. The standard InChI is InChI=1S/C16H12F5NO3/c17-10-9(11(18)13(20)14(21)12(10)19)8(6-23)22-16(25)15(24)7-4-2-1-3-5-7/h1-5,8,15,23-24H,6H2,(H,22,25)/t8-,15-/m0/s1. The summed E-state index contributed by atoms with van der Waals surface area (Å²) in [6.45, 7) is -1.16. The second-order valence-electron chi connectivity index (χ2n) is 5.04. The number of carbonyl (C=O) groups is 1. The maximum atomic E-state index is 13.8. The van der Waals surface area contributed by atoms with Crippen molar-refractivity contribution < 1.29 is 37.0 Å². The molecule has 2 aromatic rings. The molecule has 25 heavy (non-hydrogen) atoms. The Morgan fingerprint density at radius 2 is 1.40 bits per heavy atom. The fourth-order valence-electron chi connectivity index (χ4n) is 2.17. The van der Waals surface area contributed by atoms with E-state index >= 15 is 0 Å². The molecule has 3 N–H and O–H groups in total. The van der Waals surface area contributed by atoms with Gasteiger partial charge in [0.15, 0.2) is 29.4 Å². The number of aliphatic hydroxyl groups is 2. The second-order valence-corrected chi connectivity index (χ2v) is 5.04. The molecule has 0 radical (unpaired) electrons. The van der Waals surface area contributed by atoms with Crippen LogP contribution in [-0.4, -0.2) is 22.7 Å². The number of hydrogen-bond acceptors (Lipinski definition) is 3. The molecule has 0 saturated heterocycles. The molecule has 2 aromatic carbocycles. The van der Waals surface area contributed by atoms with E-state index in [9.17, 15) is 37.0 Å². The van der Waals surface area contributed by atoms with E-state index in [1.807, 2.05) is 5.32 Å². The van der Waals surface area contributed by atoms with Gasteiger partial charge in [0.1, 0.15) is 0 Å². The molecule has 0 fully saturated rings. The molecule has 0 heterocycles. The summed E-state index contributed by atoms with van der Waals surface area (Å²) in [5.74, 6) is -12.3. The van der Waals surface area contributed by atoms with Crippen molar-refractivity contribution in [3.05, 3.63) is 70.5 Å². The first-order valence-electron chi connectivity index (χ1n) is 6.95. The highest BCUT2D eigenvalue weighted by molar-refractivity contribution is 5.82. The predicted octanol–water partition coefficient (Wildman–Crippen LogP) is 2.27. The van der Waals surface area contributed by atoms with Gasteiger partial charge >= 0.3 is 0 Å². The van der Waals surface area contributed by atoms with Crippen molar-refractivity contribution in [3.8, 4) is 0 Å². The van der Waals surface area contributed by atoms with Crippen molar-refractivity contribution >= 4 is 5.91 Å². The van der Waals surface area contributed by atoms with Crippen LogP contribution in [0, 0.1) is 29.1 Å². The number of nitrogens with one attached hydrogen (secondary N) is 1. The first kappa shape index (κ1) is 18.8. The number of hydrogen-bond donors (Lipinski definition) is 3. The fraction of sp³-hybridized carbons (Fsp3) is 0.188. The zero-order valence-electron chi connectivity index (χ0n) is 12.4. The van der Waals surface area contributed by atoms with Gasteiger partial charge in [0.05, 0.1) is 18.2 Å². The molecule has 0 aliphatic heterocycles. The van der Waals surface area contributed by atoms with Crippen molar-refractivity contribution in [3.63, 3.8) is 0 Å². The van der Waals surface area contributed by atoms with Gasteiger partial charge in [-0.3, -0.25) is 4.79 Å². The Labute approximate surface area is 138 Å². The summed E-state index contributed by atoms with van der Waals surface area (Å²) in [7, 11) is 0. The van der Waals surface area contributed by atoms with E-state index in [1.54, 1.807) is 6.07 Å². The monoisotopic (exact) mass is 361 g/mol. The third-order valence-corrected chi connectivity index (χ3v) is 3.45. The van der Waals surface area contributed by atoms with E-state index < -0.39 is 59.3 Å². The maximum Gasteiger partial charge on any atom is 0.254 e. The van der Waals surface area contributed by atoms with Crippen LogP contribution in [0.25, 0.3) is 0 Å². The average Bonchev–Trinajstić information content (AvgIpc) is 2.63. The molecule has 4 nitrogen and oxygen atoms in total. The van der Waals surface area contributed by atoms with Gasteiger partial charge in [0.2, 0.25) is 5.82 Å². The largest absolute Gasteiger partial charge is 0.394 e. The van der Waals surface area contributed by atoms with Crippen molar-refractivity contribution in [2.45, 2.75) is 12.1 Å². The Morgan fingerprint density at radius 3 is 1.88 bits per heavy atom. The summed E-state index contributed by atoms with van der Waals surface area (Å²) in [4.78, 5) is 12.0. The molecule has 2 rings (SSSR count). The Morgan fingerprint density at radius 1 is 0.920 bits per heavy atom. The first-order valence-corrected chi connectivity index (χ1v) is 6.95. The second kappa shape index (κ2) is 7.58. The molecule has 0 aliphatic rings. The van der Waals surface area contributed by atoms with E-state index in [1.165, 1.54) is 24.3 Å². The van der Waals surface area contributed by atoms with Gasteiger partial charge in [-0.2, -0.15) is 0 Å². The minimum atomic E-state index is -2.36. The molecule has 9 heteroatoms. The zero-order chi connectivity index (χ0) is 18.7. The summed E-state index contributed by atoms with van der Waals surface area (Å²) < 4.78 is 67.1. The Bertz CT molecular complexity index is 756. The van der Waals surface area contributed by atoms with Crippen LogP contribution in [0.15, 0.2) is 30.3 Å². The molecule has 0 aliphatic carbocycles. The summed E-state index contributed by atoms with van der Waals surface area (Å²) in [5, 5.41) is 21.0. The summed E-state index contributed by atoms with van der Waals surface area (Å²) in [5.41, 5.74) is -1.26. The Hall–Kier alpha value is -2.52. The van der Waals surface area contributed by atoms with Crippen LogP contribution >= 0.6 is 0 Å². The third kappa shape index (κ3) is 3.62. The molecule has 0 unspecified atom stereocenters. The lowest BCUT2D eigenvalue weighted by Crippen LogP contribution is -2.36. The van der Waals surface area contributed by atoms with Crippen LogP contribution in [-0.2, 0) is 4.79 Å². The molecule has 1 amide bonds. The van der Waals surface area contributed by atoms with E-state index in [2.05, 4.69) is 0 Å². The van der Waals surface area contributed by atoms with Gasteiger partial charge in [-0.05, 0) is 5.56 Å². The molecular formula is C16H12F5NO3. The molecular weight excluding hydrogens is 349 g/mol. The zero-order valence-corrected chi connectivity index (χ0v) is 12.4. The summed E-state index contributed by atoms with van der Waals surface area (Å²) in [6, 6.07) is 5.46. The van der Waals surface area contributed by atoms with Crippen molar-refractivity contribution in [1.29, 1.82) is 0 Å². The van der Waals surface area contributed by atoms with Crippen molar-refractivity contribution in [2.24, 2.45) is 0 Å². The highest BCUT2D eigenvalue weighted by Crippen LogP contribution is 2.28. The van der Waals surface area contributed by atoms with Gasteiger partial charge in [-0.1, -0.05) is 30.3 Å². The minimum absolute atomic E-state index is 0.133. The lowest BCUT2D eigenvalue weighted by Gasteiger charge is -2.21. The van der Waals surface area contributed by atoms with Crippen LogP contribution in [0.1, 0.15) is 23.3 Å². The first-order chi connectivity index (χ1) is 11.8. The molecule has 0 aromatic heterocycles. The van der Waals surface area contributed by atoms with Crippen LogP contribution in [0.2, 0.25) is 0 Å². The maximum absolute atomic E-state index is 13.8. The SMILES string of the molecule is O=C(N[C@@H](CO)c1c(F)c(F)c(F)c(F)c1F)[C@@H](O)c1ccccc1. The number of amides is 1. The van der Waals surface area contributed by atoms with Crippen LogP contribution in [0.4, 0.5) is 22.0 Å². The molecule has 134 valence electrons. The van der Waals surface area contributed by atoms with Gasteiger partial charge in [0.25, 0.3) is 5.91 Å². The van der Waals surface area contributed by atoms with Crippen molar-refractivity contribution in [2.75, 3.05) is 6.61 Å². The van der Waals surface area contributed by atoms with E-state index in [0.29, 0.717) is 0 Å². The molecule has 0 saturated carbocycles. The third-order valence-electron chi connectivity index (χ3n) is 3.45. The lowest BCUT2D eigenvalue weighted by atomic mass is 10.0. The van der Waals surface area contributed by atoms with Crippen LogP contribution in [0.3, 0.4) is 0 Å². The number of halogens is 5. The summed E-state index contributed by atoms with van der Waals surface area (Å²) >= 11 is 0. The van der Waals surface area contributed by atoms with Crippen LogP contribution < -0.4 is 5.32 Å². The topological polar surface area (TPSA) is 69.6 Å². The van der Waals surface area contributed by atoms with Gasteiger partial charge in [-0.25, -0.2) is 22.0 Å². The van der Waals surface area contributed by atoms with E-state index in [4.69, 9.17) is 0 Å². The minimum Gasteiger partial charge on any atom is -0.394 e. The quantitative estimate of drug-likeness (QED) is 0.435. The fourth-order valence-corrected chi connectivity index (χ4v) is 2.17. The van der Waals surface area contributed by atoms with Gasteiger partial charge in [0, 0.05) is 0 Å². The molecule has 0 bridgehead atoms. The number of benzene rings is 2. The number of carbonyl (C=O) groups excluding carboxylic acids is 1. The molecule has 2 atom stereocenters. The summed E-state index contributed by atoms with van der Waals surface area (Å²) in [6.07, 6.45) is -1.77.